The molecule has 1 N–H and O–H groups in total. The molecule has 2 aromatic carbocycles. The van der Waals surface area contributed by atoms with Crippen LogP contribution in [-0.4, -0.2) is 29.1 Å². The first kappa shape index (κ1) is 19.7. The second kappa shape index (κ2) is 8.80. The molecule has 0 saturated carbocycles. The van der Waals surface area contributed by atoms with E-state index in [0.717, 1.165) is 35.6 Å². The summed E-state index contributed by atoms with van der Waals surface area (Å²) in [7, 11) is 0. The number of amides is 1. The monoisotopic (exact) mass is 455 g/mol. The van der Waals surface area contributed by atoms with Gasteiger partial charge in [-0.05, 0) is 52.2 Å². The fourth-order valence-electron chi connectivity index (χ4n) is 3.39. The zero-order valence-electron chi connectivity index (χ0n) is 16.2. The first-order chi connectivity index (χ1) is 14.1. The quantitative estimate of drug-likeness (QED) is 0.581. The summed E-state index contributed by atoms with van der Waals surface area (Å²) in [6.07, 6.45) is 0. The standard InChI is InChI=1S/C22H22BrN3O3/c1-15-10-19(25-29-15)14-28-21-7-6-16(11-20(21)23)22(27)24-8-9-26-12-17-4-2-3-5-18(17)13-26/h2-7,10-11H,8-9,12-14H2,1H3,(H,24,27). The van der Waals surface area contributed by atoms with E-state index in [0.29, 0.717) is 24.5 Å². The van der Waals surface area contributed by atoms with Crippen molar-refractivity contribution in [3.63, 3.8) is 0 Å². The minimum atomic E-state index is -0.0962. The molecule has 29 heavy (non-hydrogen) atoms. The van der Waals surface area contributed by atoms with Gasteiger partial charge in [0.15, 0.2) is 0 Å². The third kappa shape index (κ3) is 4.86. The van der Waals surface area contributed by atoms with E-state index < -0.39 is 0 Å². The van der Waals surface area contributed by atoms with E-state index >= 15 is 0 Å². The summed E-state index contributed by atoms with van der Waals surface area (Å²) in [5.41, 5.74) is 4.06. The molecule has 150 valence electrons. The second-order valence-corrected chi connectivity index (χ2v) is 7.95. The molecule has 0 fully saturated rings. The number of nitrogens with zero attached hydrogens (tertiary/aromatic N) is 2. The number of hydrogen-bond donors (Lipinski definition) is 1. The Hall–Kier alpha value is -2.64. The Morgan fingerprint density at radius 1 is 1.21 bits per heavy atom. The molecular formula is C22H22BrN3O3. The van der Waals surface area contributed by atoms with Gasteiger partial charge in [-0.3, -0.25) is 9.69 Å². The first-order valence-corrected chi connectivity index (χ1v) is 10.3. The van der Waals surface area contributed by atoms with Crippen LogP contribution in [-0.2, 0) is 19.7 Å². The van der Waals surface area contributed by atoms with Crippen LogP contribution in [0.2, 0.25) is 0 Å². The maximum absolute atomic E-state index is 12.5. The Labute approximate surface area is 178 Å². The molecule has 0 radical (unpaired) electrons. The van der Waals surface area contributed by atoms with Crippen molar-refractivity contribution < 1.29 is 14.1 Å². The summed E-state index contributed by atoms with van der Waals surface area (Å²) in [6, 6.07) is 15.6. The average Bonchev–Trinajstić information content (AvgIpc) is 3.32. The van der Waals surface area contributed by atoms with Crippen LogP contribution in [0.15, 0.2) is 57.5 Å². The topological polar surface area (TPSA) is 67.6 Å². The summed E-state index contributed by atoms with van der Waals surface area (Å²) in [6.45, 7) is 5.44. The number of ether oxygens (including phenoxy) is 1. The lowest BCUT2D eigenvalue weighted by Gasteiger charge is -2.15. The van der Waals surface area contributed by atoms with E-state index in [4.69, 9.17) is 9.26 Å². The van der Waals surface area contributed by atoms with Gasteiger partial charge < -0.3 is 14.6 Å². The molecule has 1 aliphatic rings. The molecule has 1 aromatic heterocycles. The molecule has 3 aromatic rings. The van der Waals surface area contributed by atoms with Crippen molar-refractivity contribution in [3.8, 4) is 5.75 Å². The molecule has 0 bridgehead atoms. The molecule has 0 unspecified atom stereocenters. The SMILES string of the molecule is Cc1cc(COc2ccc(C(=O)NCCN3Cc4ccccc4C3)cc2Br)no1. The van der Waals surface area contributed by atoms with Crippen LogP contribution in [0.1, 0.15) is 32.9 Å². The summed E-state index contributed by atoms with van der Waals surface area (Å²) < 4.78 is 11.5. The number of benzene rings is 2. The predicted molar refractivity (Wildman–Crippen MR) is 113 cm³/mol. The number of nitrogens with one attached hydrogen (secondary N) is 1. The Bertz CT molecular complexity index is 993. The molecule has 7 heteroatoms. The van der Waals surface area contributed by atoms with Crippen LogP contribution in [0, 0.1) is 6.92 Å². The van der Waals surface area contributed by atoms with Gasteiger partial charge in [-0.15, -0.1) is 0 Å². The van der Waals surface area contributed by atoms with Crippen molar-refractivity contribution in [2.45, 2.75) is 26.6 Å². The minimum Gasteiger partial charge on any atom is -0.486 e. The number of carbonyl (C=O) groups is 1. The van der Waals surface area contributed by atoms with Gasteiger partial charge in [-0.25, -0.2) is 0 Å². The van der Waals surface area contributed by atoms with E-state index in [2.05, 4.69) is 55.6 Å². The predicted octanol–water partition coefficient (Wildman–Crippen LogP) is 4.07. The number of halogens is 1. The molecule has 6 nitrogen and oxygen atoms in total. The Balaban J connectivity index is 1.26. The largest absolute Gasteiger partial charge is 0.486 e. The molecule has 1 aliphatic heterocycles. The highest BCUT2D eigenvalue weighted by atomic mass is 79.9. The number of aromatic nitrogens is 1. The molecule has 0 atom stereocenters. The maximum Gasteiger partial charge on any atom is 0.251 e. The van der Waals surface area contributed by atoms with E-state index in [1.165, 1.54) is 11.1 Å². The molecule has 0 spiro atoms. The van der Waals surface area contributed by atoms with Crippen molar-refractivity contribution in [2.75, 3.05) is 13.1 Å². The van der Waals surface area contributed by atoms with Crippen LogP contribution in [0.25, 0.3) is 0 Å². The molecule has 0 aliphatic carbocycles. The number of aryl methyl sites for hydroxylation is 1. The highest BCUT2D eigenvalue weighted by Gasteiger charge is 2.18. The van der Waals surface area contributed by atoms with Gasteiger partial charge in [0.1, 0.15) is 23.8 Å². The maximum atomic E-state index is 12.5. The lowest BCUT2D eigenvalue weighted by molar-refractivity contribution is 0.0948. The van der Waals surface area contributed by atoms with Gasteiger partial charge >= 0.3 is 0 Å². The summed E-state index contributed by atoms with van der Waals surface area (Å²) >= 11 is 3.48. The van der Waals surface area contributed by atoms with Gasteiger partial charge in [0.25, 0.3) is 5.91 Å². The molecule has 0 saturated heterocycles. The Morgan fingerprint density at radius 3 is 2.62 bits per heavy atom. The van der Waals surface area contributed by atoms with Crippen LogP contribution < -0.4 is 10.1 Å². The fraction of sp³-hybridized carbons (Fsp3) is 0.273. The lowest BCUT2D eigenvalue weighted by atomic mass is 10.1. The third-order valence-corrected chi connectivity index (χ3v) is 5.49. The molecule has 2 heterocycles. The van der Waals surface area contributed by atoms with E-state index in [-0.39, 0.29) is 5.91 Å². The Kier molecular flexibility index (Phi) is 5.97. The number of fused-ring (bicyclic) bond motifs is 1. The van der Waals surface area contributed by atoms with Crippen molar-refractivity contribution in [3.05, 3.63) is 81.1 Å². The molecule has 1 amide bonds. The van der Waals surface area contributed by atoms with Gasteiger partial charge in [0.05, 0.1) is 4.47 Å². The first-order valence-electron chi connectivity index (χ1n) is 9.50. The fourth-order valence-corrected chi connectivity index (χ4v) is 3.88. The highest BCUT2D eigenvalue weighted by molar-refractivity contribution is 9.10. The summed E-state index contributed by atoms with van der Waals surface area (Å²) in [5.74, 6) is 1.30. The van der Waals surface area contributed by atoms with Crippen LogP contribution in [0.3, 0.4) is 0 Å². The van der Waals surface area contributed by atoms with E-state index in [1.54, 1.807) is 18.2 Å². The zero-order chi connectivity index (χ0) is 20.2. The Morgan fingerprint density at radius 2 is 1.97 bits per heavy atom. The minimum absolute atomic E-state index is 0.0962. The molecule has 4 rings (SSSR count). The summed E-state index contributed by atoms with van der Waals surface area (Å²) in [4.78, 5) is 14.8. The smallest absolute Gasteiger partial charge is 0.251 e. The second-order valence-electron chi connectivity index (χ2n) is 7.10. The average molecular weight is 456 g/mol. The molecular weight excluding hydrogens is 434 g/mol. The van der Waals surface area contributed by atoms with E-state index in [1.807, 2.05) is 13.0 Å². The van der Waals surface area contributed by atoms with Crippen LogP contribution >= 0.6 is 15.9 Å². The van der Waals surface area contributed by atoms with Gasteiger partial charge in [-0.2, -0.15) is 0 Å². The summed E-state index contributed by atoms with van der Waals surface area (Å²) in [5, 5.41) is 6.90. The van der Waals surface area contributed by atoms with Gasteiger partial charge in [0.2, 0.25) is 0 Å². The van der Waals surface area contributed by atoms with Crippen LogP contribution in [0.5, 0.6) is 5.75 Å². The lowest BCUT2D eigenvalue weighted by Crippen LogP contribution is -2.32. The van der Waals surface area contributed by atoms with Crippen LogP contribution in [0.4, 0.5) is 0 Å². The van der Waals surface area contributed by atoms with Crippen molar-refractivity contribution in [1.82, 2.24) is 15.4 Å². The van der Waals surface area contributed by atoms with Crippen molar-refractivity contribution in [2.24, 2.45) is 0 Å². The van der Waals surface area contributed by atoms with Crippen molar-refractivity contribution >= 4 is 21.8 Å². The number of rotatable bonds is 7. The highest BCUT2D eigenvalue weighted by Crippen LogP contribution is 2.27. The van der Waals surface area contributed by atoms with E-state index in [9.17, 15) is 4.79 Å². The zero-order valence-corrected chi connectivity index (χ0v) is 17.7. The van der Waals surface area contributed by atoms with Crippen molar-refractivity contribution in [1.29, 1.82) is 0 Å². The van der Waals surface area contributed by atoms with Gasteiger partial charge in [-0.1, -0.05) is 29.4 Å². The number of hydrogen-bond acceptors (Lipinski definition) is 5. The normalized spacial score (nSPS) is 13.3. The third-order valence-electron chi connectivity index (χ3n) is 4.87. The van der Waals surface area contributed by atoms with Gasteiger partial charge in [0, 0.05) is 37.8 Å². The number of carbonyl (C=O) groups excluding carboxylic acids is 1.